The molecule has 38 heavy (non-hydrogen) atoms. The predicted octanol–water partition coefficient (Wildman–Crippen LogP) is 10.5. The minimum Gasteiger partial charge on any atom is -0.355 e. The van der Waals surface area contributed by atoms with E-state index >= 15 is 0 Å². The second kappa shape index (κ2) is 11.4. The predicted molar refractivity (Wildman–Crippen MR) is 168 cm³/mol. The van der Waals surface area contributed by atoms with Gasteiger partial charge in [0, 0.05) is 13.3 Å². The molecule has 4 aliphatic rings. The molecule has 1 nitrogen and oxygen atoms in total. The third-order valence-corrected chi connectivity index (χ3v) is 13.3. The average molecular weight is 541 g/mol. The van der Waals surface area contributed by atoms with Crippen molar-refractivity contribution in [2.24, 2.45) is 11.8 Å². The lowest BCUT2D eigenvalue weighted by Crippen LogP contribution is -2.54. The van der Waals surface area contributed by atoms with Gasteiger partial charge in [-0.2, -0.15) is 0 Å². The minimum absolute atomic E-state index is 0.0978. The van der Waals surface area contributed by atoms with Gasteiger partial charge in [0.05, 0.1) is 6.61 Å². The van der Waals surface area contributed by atoms with Crippen LogP contribution >= 0.6 is 16.1 Å². The molecule has 0 spiro atoms. The molecule has 4 bridgehead atoms. The van der Waals surface area contributed by atoms with Crippen LogP contribution in [0.4, 0.5) is 0 Å². The Hall–Kier alpha value is -1.78. The molecular weight excluding hydrogens is 498 g/mol. The molecule has 198 valence electrons. The Balaban J connectivity index is 1.44. The van der Waals surface area contributed by atoms with Crippen LogP contribution in [0.2, 0.25) is 0 Å². The van der Waals surface area contributed by atoms with Crippen LogP contribution in [0.25, 0.3) is 22.3 Å². The largest absolute Gasteiger partial charge is 0.355 e. The summed E-state index contributed by atoms with van der Waals surface area (Å²) >= 11 is 0. The van der Waals surface area contributed by atoms with E-state index in [-0.39, 0.29) is 7.92 Å². The molecule has 3 heteroatoms. The van der Waals surface area contributed by atoms with Gasteiger partial charge in [0.25, 0.3) is 0 Å². The third kappa shape index (κ3) is 5.08. The normalized spacial score (nSPS) is 24.3. The molecule has 4 aliphatic carbocycles. The van der Waals surface area contributed by atoms with E-state index in [0.29, 0.717) is 5.16 Å². The first-order valence-electron chi connectivity index (χ1n) is 14.6. The van der Waals surface area contributed by atoms with Gasteiger partial charge in [-0.3, -0.25) is 0 Å². The molecule has 0 aliphatic heterocycles. The van der Waals surface area contributed by atoms with Crippen LogP contribution in [0.3, 0.4) is 0 Å². The Morgan fingerprint density at radius 1 is 0.868 bits per heavy atom. The van der Waals surface area contributed by atoms with Crippen molar-refractivity contribution in [1.82, 2.24) is 0 Å². The highest BCUT2D eigenvalue weighted by Crippen LogP contribution is 2.74. The maximum atomic E-state index is 6.36. The van der Waals surface area contributed by atoms with Gasteiger partial charge < -0.3 is 4.52 Å². The van der Waals surface area contributed by atoms with Crippen LogP contribution in [0.5, 0.6) is 0 Å². The molecule has 2 saturated carbocycles. The summed E-state index contributed by atoms with van der Waals surface area (Å²) in [7, 11) is -0.502. The van der Waals surface area contributed by atoms with Crippen LogP contribution in [0, 0.1) is 11.8 Å². The molecule has 0 N–H and O–H groups in total. The van der Waals surface area contributed by atoms with Crippen molar-refractivity contribution < 1.29 is 4.52 Å². The van der Waals surface area contributed by atoms with E-state index < -0.39 is 8.15 Å². The fourth-order valence-electron chi connectivity index (χ4n) is 7.41. The molecule has 0 aromatic heterocycles. The minimum atomic E-state index is -0.404. The zero-order chi connectivity index (χ0) is 26.1. The maximum absolute atomic E-state index is 6.36. The van der Waals surface area contributed by atoms with Crippen LogP contribution in [0.1, 0.15) is 56.6 Å². The summed E-state index contributed by atoms with van der Waals surface area (Å²) in [6.07, 6.45) is 13.8. The zero-order valence-corrected chi connectivity index (χ0v) is 25.1. The standard InChI is InChI=1S/C35H42OP2/c1-4-5-18-38(35-22-26-16-17-34(35)29(19-26)23-35)25-31-21-33(28-14-10-7-11-15-28)32(27-12-8-6-9-13-27)20-30(31)24-36-37(2)3/h6-15,17,20-21,26,29H,4-5,16,18-19,22-25H2,1-3H3. The Kier molecular flexibility index (Phi) is 7.91. The maximum Gasteiger partial charge on any atom is 0.0762 e. The van der Waals surface area contributed by atoms with Crippen molar-refractivity contribution in [2.45, 2.75) is 63.4 Å². The van der Waals surface area contributed by atoms with Crippen molar-refractivity contribution in [3.05, 3.63) is 95.6 Å². The number of rotatable bonds is 11. The summed E-state index contributed by atoms with van der Waals surface area (Å²) in [6.45, 7) is 7.53. The highest BCUT2D eigenvalue weighted by molar-refractivity contribution is 7.59. The number of hydrogen-bond acceptors (Lipinski definition) is 1. The molecule has 3 aromatic carbocycles. The van der Waals surface area contributed by atoms with Gasteiger partial charge in [-0.15, -0.1) is 0 Å². The van der Waals surface area contributed by atoms with E-state index in [9.17, 15) is 0 Å². The lowest BCUT2D eigenvalue weighted by Gasteiger charge is -2.64. The zero-order valence-electron chi connectivity index (χ0n) is 23.3. The molecule has 2 fully saturated rings. The van der Waals surface area contributed by atoms with Gasteiger partial charge in [0.2, 0.25) is 0 Å². The summed E-state index contributed by atoms with van der Waals surface area (Å²) in [5.41, 5.74) is 10.1. The molecular formula is C35H42OP2. The summed E-state index contributed by atoms with van der Waals surface area (Å²) < 4.78 is 6.36. The quantitative estimate of drug-likeness (QED) is 0.174. The van der Waals surface area contributed by atoms with Gasteiger partial charge in [-0.1, -0.05) is 93.6 Å². The Morgan fingerprint density at radius 3 is 2.08 bits per heavy atom. The number of fused-ring (bicyclic) bond motifs is 1. The van der Waals surface area contributed by atoms with Crippen LogP contribution in [-0.2, 0) is 17.3 Å². The van der Waals surface area contributed by atoms with Gasteiger partial charge in [-0.05, 0) is 115 Å². The van der Waals surface area contributed by atoms with Gasteiger partial charge >= 0.3 is 0 Å². The molecule has 0 heterocycles. The molecule has 0 saturated heterocycles. The summed E-state index contributed by atoms with van der Waals surface area (Å²) in [5.74, 6) is 1.87. The van der Waals surface area contributed by atoms with E-state index in [4.69, 9.17) is 4.52 Å². The smallest absolute Gasteiger partial charge is 0.0762 e. The molecule has 0 amide bonds. The number of hydrogen-bond donors (Lipinski definition) is 0. The Morgan fingerprint density at radius 2 is 1.53 bits per heavy atom. The first kappa shape index (κ1) is 26.4. The van der Waals surface area contributed by atoms with E-state index in [1.807, 2.05) is 5.57 Å². The number of allylic oxidation sites excluding steroid dienone is 2. The molecule has 3 aromatic rings. The van der Waals surface area contributed by atoms with Crippen molar-refractivity contribution in [3.63, 3.8) is 0 Å². The summed E-state index contributed by atoms with van der Waals surface area (Å²) in [4.78, 5) is 0. The van der Waals surface area contributed by atoms with Crippen molar-refractivity contribution in [2.75, 3.05) is 19.5 Å². The van der Waals surface area contributed by atoms with Crippen molar-refractivity contribution in [3.8, 4) is 22.3 Å². The summed E-state index contributed by atoms with van der Waals surface area (Å²) in [6, 6.07) is 27.0. The van der Waals surface area contributed by atoms with Gasteiger partial charge in [-0.25, -0.2) is 0 Å². The number of benzene rings is 3. The van der Waals surface area contributed by atoms with E-state index in [1.165, 1.54) is 78.7 Å². The second-order valence-corrected chi connectivity index (χ2v) is 16.5. The van der Waals surface area contributed by atoms with E-state index in [2.05, 4.69) is 99.1 Å². The van der Waals surface area contributed by atoms with Crippen LogP contribution < -0.4 is 0 Å². The molecule has 4 unspecified atom stereocenters. The molecule has 0 radical (unpaired) electrons. The molecule has 7 rings (SSSR count). The van der Waals surface area contributed by atoms with Gasteiger partial charge in [0.15, 0.2) is 0 Å². The van der Waals surface area contributed by atoms with E-state index in [0.717, 1.165) is 18.4 Å². The lowest BCUT2D eigenvalue weighted by atomic mass is 9.53. The molecule has 4 atom stereocenters. The van der Waals surface area contributed by atoms with Crippen molar-refractivity contribution >= 4 is 16.1 Å². The van der Waals surface area contributed by atoms with Crippen LogP contribution in [-0.4, -0.2) is 24.6 Å². The fourth-order valence-corrected chi connectivity index (χ4v) is 11.7. The van der Waals surface area contributed by atoms with E-state index in [1.54, 1.807) is 5.56 Å². The Bertz CT molecular complexity index is 1280. The first-order valence-corrected chi connectivity index (χ1v) is 18.5. The third-order valence-electron chi connectivity index (χ3n) is 9.21. The monoisotopic (exact) mass is 540 g/mol. The fraction of sp³-hybridized carbons (Fsp3) is 0.429. The first-order chi connectivity index (χ1) is 18.6. The van der Waals surface area contributed by atoms with Crippen molar-refractivity contribution in [1.29, 1.82) is 0 Å². The highest BCUT2D eigenvalue weighted by Gasteiger charge is 2.59. The number of unbranched alkanes of at least 4 members (excludes halogenated alkanes) is 1. The summed E-state index contributed by atoms with van der Waals surface area (Å²) in [5, 5.41) is 0.543. The lowest BCUT2D eigenvalue weighted by molar-refractivity contribution is 0.151. The average Bonchev–Trinajstić information content (AvgIpc) is 2.95. The van der Waals surface area contributed by atoms with Gasteiger partial charge in [0.1, 0.15) is 0 Å². The highest BCUT2D eigenvalue weighted by atomic mass is 31.1. The van der Waals surface area contributed by atoms with Crippen LogP contribution in [0.15, 0.2) is 84.4 Å². The SMILES string of the molecule is CCCCP(Cc1cc(-c2ccccc2)c(-c2ccccc2)cc1COP(C)C)C12CC3CC=C1C(C3)C2. The second-order valence-electron chi connectivity index (χ2n) is 11.9. The topological polar surface area (TPSA) is 9.23 Å². The Labute approximate surface area is 232 Å².